The minimum atomic E-state index is 0.834. The third-order valence-corrected chi connectivity index (χ3v) is 4.59. The molecule has 2 rings (SSSR count). The van der Waals surface area contributed by atoms with Crippen LogP contribution >= 0.6 is 0 Å². The van der Waals surface area contributed by atoms with Gasteiger partial charge in [0.1, 0.15) is 0 Å². The zero-order chi connectivity index (χ0) is 12.1. The average molecular weight is 239 g/mol. The molecule has 0 atom stereocenters. The molecule has 2 N–H and O–H groups in total. The van der Waals surface area contributed by atoms with Crippen LogP contribution in [0.1, 0.15) is 39.0 Å². The van der Waals surface area contributed by atoms with E-state index in [9.17, 15) is 0 Å². The number of piperazine rings is 1. The molecule has 17 heavy (non-hydrogen) atoms. The molecule has 1 aliphatic carbocycles. The summed E-state index contributed by atoms with van der Waals surface area (Å²) in [6, 6.07) is 0.892. The second kappa shape index (κ2) is 6.72. The van der Waals surface area contributed by atoms with Crippen LogP contribution in [0.5, 0.6) is 0 Å². The van der Waals surface area contributed by atoms with E-state index in [1.807, 2.05) is 0 Å². The van der Waals surface area contributed by atoms with E-state index in [0.29, 0.717) is 0 Å². The van der Waals surface area contributed by atoms with Crippen LogP contribution in [0.15, 0.2) is 0 Å². The first-order chi connectivity index (χ1) is 8.29. The topological polar surface area (TPSA) is 32.5 Å². The Hall–Kier alpha value is -0.120. The maximum absolute atomic E-state index is 5.57. The first-order valence-corrected chi connectivity index (χ1v) is 7.46. The number of hydrogen-bond acceptors (Lipinski definition) is 3. The van der Waals surface area contributed by atoms with Gasteiger partial charge in [-0.25, -0.2) is 0 Å². The van der Waals surface area contributed by atoms with Gasteiger partial charge in [-0.05, 0) is 51.1 Å². The van der Waals surface area contributed by atoms with E-state index in [1.165, 1.54) is 58.4 Å². The lowest BCUT2D eigenvalue weighted by Gasteiger charge is -2.41. The van der Waals surface area contributed by atoms with Crippen LogP contribution < -0.4 is 5.73 Å². The Morgan fingerprint density at radius 1 is 1.00 bits per heavy atom. The molecule has 2 aliphatic rings. The Kier molecular flexibility index (Phi) is 5.26. The Labute approximate surface area is 106 Å². The summed E-state index contributed by atoms with van der Waals surface area (Å²) < 4.78 is 0. The molecule has 0 bridgehead atoms. The first-order valence-electron chi connectivity index (χ1n) is 7.46. The number of rotatable bonds is 4. The van der Waals surface area contributed by atoms with Crippen LogP contribution in [-0.2, 0) is 0 Å². The number of nitrogens with two attached hydrogens (primary N) is 1. The van der Waals surface area contributed by atoms with Crippen molar-refractivity contribution in [2.45, 2.75) is 45.1 Å². The van der Waals surface area contributed by atoms with Crippen LogP contribution in [0, 0.1) is 5.92 Å². The molecule has 0 aromatic heterocycles. The van der Waals surface area contributed by atoms with Gasteiger partial charge in [-0.3, -0.25) is 4.90 Å². The second-order valence-corrected chi connectivity index (χ2v) is 5.93. The molecule has 1 saturated carbocycles. The minimum Gasteiger partial charge on any atom is -0.330 e. The molecule has 0 spiro atoms. The monoisotopic (exact) mass is 239 g/mol. The van der Waals surface area contributed by atoms with Gasteiger partial charge in [0.2, 0.25) is 0 Å². The van der Waals surface area contributed by atoms with Crippen LogP contribution in [0.25, 0.3) is 0 Å². The highest BCUT2D eigenvalue weighted by Crippen LogP contribution is 2.27. The fraction of sp³-hybridized carbons (Fsp3) is 1.00. The van der Waals surface area contributed by atoms with Crippen molar-refractivity contribution < 1.29 is 0 Å². The van der Waals surface area contributed by atoms with Crippen LogP contribution in [-0.4, -0.2) is 55.1 Å². The Balaban J connectivity index is 1.68. The molecule has 1 aliphatic heterocycles. The van der Waals surface area contributed by atoms with Crippen molar-refractivity contribution >= 4 is 0 Å². The van der Waals surface area contributed by atoms with Crippen LogP contribution in [0.2, 0.25) is 0 Å². The summed E-state index contributed by atoms with van der Waals surface area (Å²) in [5.74, 6) is 0.970. The van der Waals surface area contributed by atoms with Gasteiger partial charge in [0.15, 0.2) is 0 Å². The largest absolute Gasteiger partial charge is 0.330 e. The number of hydrogen-bond donors (Lipinski definition) is 1. The van der Waals surface area contributed by atoms with Crippen molar-refractivity contribution in [2.24, 2.45) is 11.7 Å². The van der Waals surface area contributed by atoms with E-state index in [2.05, 4.69) is 16.7 Å². The van der Waals surface area contributed by atoms with E-state index in [4.69, 9.17) is 5.73 Å². The first kappa shape index (κ1) is 13.3. The lowest BCUT2D eigenvalue weighted by molar-refractivity contribution is 0.0719. The molecular weight excluding hydrogens is 210 g/mol. The fourth-order valence-electron chi connectivity index (χ4n) is 3.27. The molecule has 3 nitrogen and oxygen atoms in total. The Morgan fingerprint density at radius 3 is 2.24 bits per heavy atom. The fourth-order valence-corrected chi connectivity index (χ4v) is 3.27. The van der Waals surface area contributed by atoms with Gasteiger partial charge in [0.25, 0.3) is 0 Å². The standard InChI is InChI=1S/C14H29N3/c1-13-3-5-14(6-4-13)17-11-9-16(10-12-17)8-2-7-15/h13-14H,2-12,15H2,1H3. The quantitative estimate of drug-likeness (QED) is 0.807. The van der Waals surface area contributed by atoms with E-state index in [0.717, 1.165) is 24.9 Å². The van der Waals surface area contributed by atoms with E-state index >= 15 is 0 Å². The average Bonchev–Trinajstić information content (AvgIpc) is 2.38. The zero-order valence-electron chi connectivity index (χ0n) is 11.4. The highest BCUT2D eigenvalue weighted by molar-refractivity contribution is 4.82. The highest BCUT2D eigenvalue weighted by Gasteiger charge is 2.26. The van der Waals surface area contributed by atoms with E-state index < -0.39 is 0 Å². The van der Waals surface area contributed by atoms with Crippen molar-refractivity contribution in [1.82, 2.24) is 9.80 Å². The van der Waals surface area contributed by atoms with Crippen LogP contribution in [0.4, 0.5) is 0 Å². The predicted octanol–water partition coefficient (Wildman–Crippen LogP) is 1.53. The summed E-state index contributed by atoms with van der Waals surface area (Å²) in [4.78, 5) is 5.32. The SMILES string of the molecule is CC1CCC(N2CCN(CCCN)CC2)CC1. The molecular formula is C14H29N3. The lowest BCUT2D eigenvalue weighted by atomic mass is 9.86. The predicted molar refractivity (Wildman–Crippen MR) is 73.1 cm³/mol. The summed E-state index contributed by atoms with van der Waals surface area (Å²) >= 11 is 0. The van der Waals surface area contributed by atoms with Crippen molar-refractivity contribution in [3.05, 3.63) is 0 Å². The van der Waals surface area contributed by atoms with Crippen molar-refractivity contribution in [1.29, 1.82) is 0 Å². The maximum Gasteiger partial charge on any atom is 0.0113 e. The third kappa shape index (κ3) is 3.94. The molecule has 0 unspecified atom stereocenters. The second-order valence-electron chi connectivity index (χ2n) is 5.93. The minimum absolute atomic E-state index is 0.834. The molecule has 2 fully saturated rings. The molecule has 0 amide bonds. The van der Waals surface area contributed by atoms with Gasteiger partial charge in [0.05, 0.1) is 0 Å². The van der Waals surface area contributed by atoms with Crippen molar-refractivity contribution in [2.75, 3.05) is 39.3 Å². The summed E-state index contributed by atoms with van der Waals surface area (Å²) in [5.41, 5.74) is 5.57. The summed E-state index contributed by atoms with van der Waals surface area (Å²) in [7, 11) is 0. The van der Waals surface area contributed by atoms with Gasteiger partial charge in [-0.15, -0.1) is 0 Å². The van der Waals surface area contributed by atoms with Gasteiger partial charge >= 0.3 is 0 Å². The molecule has 100 valence electrons. The highest BCUT2D eigenvalue weighted by atomic mass is 15.3. The molecule has 0 radical (unpaired) electrons. The van der Waals surface area contributed by atoms with Crippen molar-refractivity contribution in [3.63, 3.8) is 0 Å². The van der Waals surface area contributed by atoms with E-state index in [-0.39, 0.29) is 0 Å². The zero-order valence-corrected chi connectivity index (χ0v) is 11.4. The third-order valence-electron chi connectivity index (χ3n) is 4.59. The summed E-state index contributed by atoms with van der Waals surface area (Å²) in [6.07, 6.45) is 6.91. The molecule has 1 saturated heterocycles. The van der Waals surface area contributed by atoms with Gasteiger partial charge in [0, 0.05) is 32.2 Å². The molecule has 1 heterocycles. The van der Waals surface area contributed by atoms with Gasteiger partial charge in [-0.1, -0.05) is 6.92 Å². The lowest BCUT2D eigenvalue weighted by Crippen LogP contribution is -2.51. The van der Waals surface area contributed by atoms with Crippen LogP contribution in [0.3, 0.4) is 0 Å². The van der Waals surface area contributed by atoms with Gasteiger partial charge < -0.3 is 10.6 Å². The molecule has 0 aromatic rings. The summed E-state index contributed by atoms with van der Waals surface area (Å²) in [6.45, 7) is 9.51. The molecule has 0 aromatic carbocycles. The van der Waals surface area contributed by atoms with Gasteiger partial charge in [-0.2, -0.15) is 0 Å². The maximum atomic E-state index is 5.57. The normalized spacial score (nSPS) is 32.8. The smallest absolute Gasteiger partial charge is 0.0113 e. The molecule has 3 heteroatoms. The number of nitrogens with zero attached hydrogens (tertiary/aromatic N) is 2. The van der Waals surface area contributed by atoms with Crippen molar-refractivity contribution in [3.8, 4) is 0 Å². The Bertz CT molecular complexity index is 204. The van der Waals surface area contributed by atoms with E-state index in [1.54, 1.807) is 0 Å². The Morgan fingerprint density at radius 2 is 1.65 bits per heavy atom. The summed E-state index contributed by atoms with van der Waals surface area (Å²) in [5, 5.41) is 0.